The first-order chi connectivity index (χ1) is 10.9. The highest BCUT2D eigenvalue weighted by molar-refractivity contribution is 9.10. The zero-order valence-electron chi connectivity index (χ0n) is 13.5. The molecular weight excluding hydrogens is 426 g/mol. The Hall–Kier alpha value is -1.15. The largest absolute Gasteiger partial charge is 0.354 e. The molecule has 1 atom stereocenters. The summed E-state index contributed by atoms with van der Waals surface area (Å²) in [6.45, 7) is 7.39. The smallest absolute Gasteiger partial charge is 0.244 e. The van der Waals surface area contributed by atoms with Gasteiger partial charge in [-0.15, -0.1) is 0 Å². The van der Waals surface area contributed by atoms with E-state index < -0.39 is 0 Å². The third kappa shape index (κ3) is 4.44. The lowest BCUT2D eigenvalue weighted by atomic mass is 10.2. The maximum Gasteiger partial charge on any atom is 0.244 e. The van der Waals surface area contributed by atoms with Crippen LogP contribution in [0.1, 0.15) is 37.2 Å². The van der Waals surface area contributed by atoms with Crippen LogP contribution in [0.25, 0.3) is 0 Å². The van der Waals surface area contributed by atoms with E-state index in [1.807, 2.05) is 31.6 Å². The fourth-order valence-electron chi connectivity index (χ4n) is 2.43. The lowest BCUT2D eigenvalue weighted by Crippen LogP contribution is -2.33. The number of aryl methyl sites for hydroxylation is 2. The molecule has 0 spiro atoms. The normalized spacial score (nSPS) is 12.4. The summed E-state index contributed by atoms with van der Waals surface area (Å²) in [7, 11) is 0. The molecule has 2 heterocycles. The molecule has 0 fully saturated rings. The van der Waals surface area contributed by atoms with Crippen LogP contribution in [-0.2, 0) is 11.3 Å². The van der Waals surface area contributed by atoms with E-state index in [1.165, 1.54) is 0 Å². The van der Waals surface area contributed by atoms with Gasteiger partial charge in [0.25, 0.3) is 0 Å². The molecule has 2 aromatic rings. The molecule has 0 saturated carbocycles. The van der Waals surface area contributed by atoms with Gasteiger partial charge < -0.3 is 5.32 Å². The van der Waals surface area contributed by atoms with E-state index in [9.17, 15) is 4.79 Å². The van der Waals surface area contributed by atoms with E-state index >= 15 is 0 Å². The second kappa shape index (κ2) is 8.10. The van der Waals surface area contributed by atoms with Gasteiger partial charge in [-0.2, -0.15) is 10.2 Å². The number of halogens is 2. The molecule has 2 rings (SSSR count). The standard InChI is InChI=1S/C15H21Br2N5O/c1-4-13(22-9-12(16)8-19-22)15(23)18-6-5-7-21-11(3)14(17)10(2)20-21/h8-9,13H,4-7H2,1-3H3,(H,18,23). The van der Waals surface area contributed by atoms with E-state index in [0.29, 0.717) is 13.0 Å². The van der Waals surface area contributed by atoms with Crippen molar-refractivity contribution in [2.75, 3.05) is 6.54 Å². The minimum Gasteiger partial charge on any atom is -0.354 e. The summed E-state index contributed by atoms with van der Waals surface area (Å²) in [6.07, 6.45) is 5.04. The molecule has 2 aromatic heterocycles. The molecule has 0 saturated heterocycles. The van der Waals surface area contributed by atoms with Crippen LogP contribution < -0.4 is 5.32 Å². The van der Waals surface area contributed by atoms with E-state index in [0.717, 1.165) is 33.3 Å². The van der Waals surface area contributed by atoms with E-state index in [-0.39, 0.29) is 11.9 Å². The quantitative estimate of drug-likeness (QED) is 0.663. The van der Waals surface area contributed by atoms with Crippen LogP contribution in [0.15, 0.2) is 21.3 Å². The molecule has 1 N–H and O–H groups in total. The predicted molar refractivity (Wildman–Crippen MR) is 96.3 cm³/mol. The van der Waals surface area contributed by atoms with Crippen LogP contribution in [0.2, 0.25) is 0 Å². The highest BCUT2D eigenvalue weighted by atomic mass is 79.9. The van der Waals surface area contributed by atoms with Crippen molar-refractivity contribution in [2.45, 2.75) is 46.2 Å². The van der Waals surface area contributed by atoms with Crippen molar-refractivity contribution in [3.8, 4) is 0 Å². The Balaban J connectivity index is 1.83. The van der Waals surface area contributed by atoms with Gasteiger partial charge in [0.05, 0.1) is 20.8 Å². The number of nitrogens with zero attached hydrogens (tertiary/aromatic N) is 4. The van der Waals surface area contributed by atoms with Gasteiger partial charge in [0.1, 0.15) is 6.04 Å². The van der Waals surface area contributed by atoms with E-state index in [2.05, 4.69) is 47.4 Å². The molecule has 0 aliphatic heterocycles. The highest BCUT2D eigenvalue weighted by Gasteiger charge is 2.18. The fourth-order valence-corrected chi connectivity index (χ4v) is 3.01. The van der Waals surface area contributed by atoms with Gasteiger partial charge in [0.2, 0.25) is 5.91 Å². The molecule has 0 aromatic carbocycles. The van der Waals surface area contributed by atoms with Crippen LogP contribution in [0.4, 0.5) is 0 Å². The molecule has 0 bridgehead atoms. The summed E-state index contributed by atoms with van der Waals surface area (Å²) in [5.74, 6) is -0.00218. The number of hydrogen-bond donors (Lipinski definition) is 1. The Bertz CT molecular complexity index is 679. The number of carbonyl (C=O) groups is 1. The van der Waals surface area contributed by atoms with Crippen molar-refractivity contribution in [1.82, 2.24) is 24.9 Å². The summed E-state index contributed by atoms with van der Waals surface area (Å²) < 4.78 is 5.58. The van der Waals surface area contributed by atoms with Gasteiger partial charge in [-0.05, 0) is 58.5 Å². The molecule has 8 heteroatoms. The zero-order valence-corrected chi connectivity index (χ0v) is 16.7. The number of carbonyl (C=O) groups excluding carboxylic acids is 1. The highest BCUT2D eigenvalue weighted by Crippen LogP contribution is 2.19. The average Bonchev–Trinajstić information content (AvgIpc) is 3.04. The van der Waals surface area contributed by atoms with Gasteiger partial charge in [-0.1, -0.05) is 6.92 Å². The number of nitrogens with one attached hydrogen (secondary N) is 1. The Kier molecular flexibility index (Phi) is 6.41. The number of hydrogen-bond acceptors (Lipinski definition) is 3. The molecular formula is C15H21Br2N5O. The van der Waals surface area contributed by atoms with Crippen molar-refractivity contribution in [1.29, 1.82) is 0 Å². The topological polar surface area (TPSA) is 64.7 Å². The van der Waals surface area contributed by atoms with Gasteiger partial charge in [0, 0.05) is 25.0 Å². The Labute approximate surface area is 152 Å². The summed E-state index contributed by atoms with van der Waals surface area (Å²) in [5.41, 5.74) is 2.10. The van der Waals surface area contributed by atoms with Gasteiger partial charge in [0.15, 0.2) is 0 Å². The first kappa shape index (κ1) is 18.2. The maximum atomic E-state index is 12.3. The van der Waals surface area contributed by atoms with Gasteiger partial charge in [-0.25, -0.2) is 0 Å². The molecule has 0 aliphatic carbocycles. The Morgan fingerprint density at radius 2 is 2.13 bits per heavy atom. The number of aromatic nitrogens is 4. The lowest BCUT2D eigenvalue weighted by Gasteiger charge is -2.15. The molecule has 126 valence electrons. The SMILES string of the molecule is CCC(C(=O)NCCCn1nc(C)c(Br)c1C)n1cc(Br)cn1. The zero-order chi connectivity index (χ0) is 17.0. The summed E-state index contributed by atoms with van der Waals surface area (Å²) in [5, 5.41) is 11.6. The van der Waals surface area contributed by atoms with Crippen molar-refractivity contribution in [2.24, 2.45) is 0 Å². The maximum absolute atomic E-state index is 12.3. The second-order valence-corrected chi connectivity index (χ2v) is 7.12. The third-order valence-electron chi connectivity index (χ3n) is 3.72. The summed E-state index contributed by atoms with van der Waals surface area (Å²) >= 11 is 6.88. The van der Waals surface area contributed by atoms with Crippen molar-refractivity contribution in [3.05, 3.63) is 32.7 Å². The number of rotatable bonds is 7. The molecule has 6 nitrogen and oxygen atoms in total. The Morgan fingerprint density at radius 1 is 1.39 bits per heavy atom. The van der Waals surface area contributed by atoms with Crippen LogP contribution >= 0.6 is 31.9 Å². The van der Waals surface area contributed by atoms with Crippen LogP contribution in [0.3, 0.4) is 0 Å². The van der Waals surface area contributed by atoms with Crippen molar-refractivity contribution in [3.63, 3.8) is 0 Å². The molecule has 0 radical (unpaired) electrons. The van der Waals surface area contributed by atoms with Crippen molar-refractivity contribution < 1.29 is 4.79 Å². The third-order valence-corrected chi connectivity index (χ3v) is 5.27. The molecule has 23 heavy (non-hydrogen) atoms. The molecule has 1 amide bonds. The minimum absolute atomic E-state index is 0.00218. The van der Waals surface area contributed by atoms with Gasteiger partial charge >= 0.3 is 0 Å². The van der Waals surface area contributed by atoms with Crippen molar-refractivity contribution >= 4 is 37.8 Å². The monoisotopic (exact) mass is 445 g/mol. The first-order valence-corrected chi connectivity index (χ1v) is 9.19. The molecule has 0 aliphatic rings. The summed E-state index contributed by atoms with van der Waals surface area (Å²) in [6, 6.07) is -0.274. The predicted octanol–water partition coefficient (Wildman–Crippen LogP) is 3.38. The minimum atomic E-state index is -0.274. The Morgan fingerprint density at radius 3 is 2.65 bits per heavy atom. The van der Waals surface area contributed by atoms with Crippen LogP contribution in [-0.4, -0.2) is 32.0 Å². The first-order valence-electron chi connectivity index (χ1n) is 7.61. The van der Waals surface area contributed by atoms with E-state index in [4.69, 9.17) is 0 Å². The average molecular weight is 447 g/mol. The summed E-state index contributed by atoms with van der Waals surface area (Å²) in [4.78, 5) is 12.3. The molecule has 1 unspecified atom stereocenters. The van der Waals surface area contributed by atoms with Crippen LogP contribution in [0, 0.1) is 13.8 Å². The fraction of sp³-hybridized carbons (Fsp3) is 0.533. The van der Waals surface area contributed by atoms with Gasteiger partial charge in [-0.3, -0.25) is 14.2 Å². The second-order valence-electron chi connectivity index (χ2n) is 5.42. The lowest BCUT2D eigenvalue weighted by molar-refractivity contribution is -0.124. The van der Waals surface area contributed by atoms with E-state index in [1.54, 1.807) is 10.9 Å². The van der Waals surface area contributed by atoms with Crippen LogP contribution in [0.5, 0.6) is 0 Å². The number of amides is 1.